The minimum Gasteiger partial charge on any atom is -0.385 e. The minimum atomic E-state index is -3.00. The molecule has 0 aromatic heterocycles. The smallest absolute Gasteiger partial charge is 0.153 e. The summed E-state index contributed by atoms with van der Waals surface area (Å²) in [6.45, 7) is 6.92. The highest BCUT2D eigenvalue weighted by Gasteiger charge is 2.43. The Bertz CT molecular complexity index is 307. The molecule has 0 amide bonds. The van der Waals surface area contributed by atoms with Crippen LogP contribution in [0.5, 0.6) is 0 Å². The third kappa shape index (κ3) is 1.79. The fourth-order valence-electron chi connectivity index (χ4n) is 1.73. The Kier molecular flexibility index (Phi) is 2.56. The van der Waals surface area contributed by atoms with Crippen molar-refractivity contribution in [3.05, 3.63) is 12.7 Å². The molecule has 1 aliphatic rings. The molecule has 3 atom stereocenters. The van der Waals surface area contributed by atoms with Gasteiger partial charge in [-0.15, -0.1) is 6.58 Å². The van der Waals surface area contributed by atoms with E-state index in [1.54, 1.807) is 13.8 Å². The molecule has 1 aliphatic heterocycles. The third-order valence-corrected chi connectivity index (χ3v) is 5.27. The highest BCUT2D eigenvalue weighted by Crippen LogP contribution is 2.33. The lowest BCUT2D eigenvalue weighted by atomic mass is 9.85. The molecule has 1 heterocycles. The lowest BCUT2D eigenvalue weighted by Gasteiger charge is -2.38. The maximum atomic E-state index is 11.5. The van der Waals surface area contributed by atoms with Gasteiger partial charge in [0.2, 0.25) is 0 Å². The molecule has 0 aliphatic carbocycles. The van der Waals surface area contributed by atoms with Gasteiger partial charge in [0.05, 0.1) is 16.6 Å². The summed E-state index contributed by atoms with van der Waals surface area (Å²) in [6.07, 6.45) is 1.73. The lowest BCUT2D eigenvalue weighted by Crippen LogP contribution is -2.48. The van der Waals surface area contributed by atoms with Crippen molar-refractivity contribution in [3.8, 4) is 0 Å². The second-order valence-corrected chi connectivity index (χ2v) is 6.40. The van der Waals surface area contributed by atoms with Crippen LogP contribution in [0.1, 0.15) is 20.3 Å². The van der Waals surface area contributed by atoms with Gasteiger partial charge in [-0.3, -0.25) is 0 Å². The van der Waals surface area contributed by atoms with Gasteiger partial charge in [-0.05, 0) is 13.3 Å². The van der Waals surface area contributed by atoms with Crippen LogP contribution in [0.4, 0.5) is 0 Å². The average Bonchev–Trinajstić information content (AvgIpc) is 2.01. The first kappa shape index (κ1) is 10.7. The van der Waals surface area contributed by atoms with Crippen LogP contribution in [0, 0.1) is 5.92 Å². The molecule has 0 saturated carbocycles. The van der Waals surface area contributed by atoms with Crippen molar-refractivity contribution in [2.45, 2.75) is 31.1 Å². The molecule has 1 unspecified atom stereocenters. The molecular weight excluding hydrogens is 188 g/mol. The van der Waals surface area contributed by atoms with Crippen LogP contribution in [0.2, 0.25) is 0 Å². The largest absolute Gasteiger partial charge is 0.385 e. The van der Waals surface area contributed by atoms with Crippen molar-refractivity contribution in [2.24, 2.45) is 5.92 Å². The summed E-state index contributed by atoms with van der Waals surface area (Å²) in [5.74, 6) is -0.206. The zero-order valence-electron chi connectivity index (χ0n) is 8.03. The Balaban J connectivity index is 2.98. The van der Waals surface area contributed by atoms with Crippen molar-refractivity contribution in [3.63, 3.8) is 0 Å². The van der Waals surface area contributed by atoms with E-state index in [9.17, 15) is 13.5 Å². The van der Waals surface area contributed by atoms with Gasteiger partial charge < -0.3 is 5.11 Å². The van der Waals surface area contributed by atoms with Gasteiger partial charge in [-0.25, -0.2) is 8.42 Å². The number of hydrogen-bond donors (Lipinski definition) is 1. The number of sulfone groups is 1. The summed E-state index contributed by atoms with van der Waals surface area (Å²) in [5.41, 5.74) is -1.01. The highest BCUT2D eigenvalue weighted by molar-refractivity contribution is 7.92. The predicted octanol–water partition coefficient (Wildman–Crippen LogP) is 0.747. The zero-order valence-corrected chi connectivity index (χ0v) is 8.84. The molecule has 76 valence electrons. The maximum absolute atomic E-state index is 11.5. The Morgan fingerprint density at radius 1 is 1.54 bits per heavy atom. The van der Waals surface area contributed by atoms with Crippen molar-refractivity contribution < 1.29 is 13.5 Å². The summed E-state index contributed by atoms with van der Waals surface area (Å²) in [6, 6.07) is 0. The molecule has 3 nitrogen and oxygen atoms in total. The summed E-state index contributed by atoms with van der Waals surface area (Å²) < 4.78 is 22.9. The molecule has 13 heavy (non-hydrogen) atoms. The summed E-state index contributed by atoms with van der Waals surface area (Å²) in [5, 5.41) is 9.50. The van der Waals surface area contributed by atoms with E-state index in [1.165, 1.54) is 6.08 Å². The monoisotopic (exact) mass is 204 g/mol. The van der Waals surface area contributed by atoms with Gasteiger partial charge in [0, 0.05) is 5.92 Å². The van der Waals surface area contributed by atoms with Gasteiger partial charge in [0.1, 0.15) is 0 Å². The quantitative estimate of drug-likeness (QED) is 0.641. The molecule has 4 heteroatoms. The fraction of sp³-hybridized carbons (Fsp3) is 0.778. The second kappa shape index (κ2) is 3.10. The summed E-state index contributed by atoms with van der Waals surface area (Å²) in [4.78, 5) is 0. The molecule has 0 aromatic rings. The zero-order chi connectivity index (χ0) is 10.3. The van der Waals surface area contributed by atoms with E-state index in [4.69, 9.17) is 0 Å². The molecule has 1 fully saturated rings. The van der Waals surface area contributed by atoms with Crippen LogP contribution in [0.25, 0.3) is 0 Å². The summed E-state index contributed by atoms with van der Waals surface area (Å²) >= 11 is 0. The number of hydrogen-bond acceptors (Lipinski definition) is 3. The highest BCUT2D eigenvalue weighted by atomic mass is 32.2. The van der Waals surface area contributed by atoms with Crippen LogP contribution in [-0.2, 0) is 9.84 Å². The Labute approximate surface area is 79.4 Å². The predicted molar refractivity (Wildman–Crippen MR) is 52.2 cm³/mol. The lowest BCUT2D eigenvalue weighted by molar-refractivity contribution is 0.0310. The normalized spacial score (nSPS) is 44.2. The first-order valence-corrected chi connectivity index (χ1v) is 6.11. The molecule has 1 rings (SSSR count). The van der Waals surface area contributed by atoms with Crippen LogP contribution >= 0.6 is 0 Å². The molecule has 0 aromatic carbocycles. The van der Waals surface area contributed by atoms with Crippen LogP contribution in [0.3, 0.4) is 0 Å². The number of aliphatic hydroxyl groups is 1. The first-order chi connectivity index (χ1) is 5.82. The first-order valence-electron chi connectivity index (χ1n) is 4.39. The van der Waals surface area contributed by atoms with E-state index in [0.29, 0.717) is 0 Å². The van der Waals surface area contributed by atoms with E-state index in [-0.39, 0.29) is 18.1 Å². The molecule has 0 radical (unpaired) electrons. The van der Waals surface area contributed by atoms with E-state index >= 15 is 0 Å². The van der Waals surface area contributed by atoms with Crippen molar-refractivity contribution in [1.82, 2.24) is 0 Å². The summed E-state index contributed by atoms with van der Waals surface area (Å²) in [7, 11) is -3.00. The molecule has 1 saturated heterocycles. The standard InChI is InChI=1S/C9H16O3S/c1-4-9(10)5-8(3)13(11,12)6-7(9)2/h4,7-8,10H,1,5-6H2,2-3H3/t7-,8-,9?/m0/s1. The number of rotatable bonds is 1. The Morgan fingerprint density at radius 3 is 2.54 bits per heavy atom. The molecule has 1 N–H and O–H groups in total. The van der Waals surface area contributed by atoms with Crippen molar-refractivity contribution in [2.75, 3.05) is 5.75 Å². The van der Waals surface area contributed by atoms with E-state index in [1.807, 2.05) is 0 Å². The second-order valence-electron chi connectivity index (χ2n) is 3.94. The molecule has 0 bridgehead atoms. The van der Waals surface area contributed by atoms with Gasteiger partial charge in [0.25, 0.3) is 0 Å². The fourth-order valence-corrected chi connectivity index (χ4v) is 3.57. The van der Waals surface area contributed by atoms with Gasteiger partial charge in [-0.2, -0.15) is 0 Å². The van der Waals surface area contributed by atoms with Crippen molar-refractivity contribution in [1.29, 1.82) is 0 Å². The minimum absolute atomic E-state index is 0.0523. The topological polar surface area (TPSA) is 54.4 Å². The van der Waals surface area contributed by atoms with Crippen molar-refractivity contribution >= 4 is 9.84 Å². The van der Waals surface area contributed by atoms with Gasteiger partial charge >= 0.3 is 0 Å². The Morgan fingerprint density at radius 2 is 2.08 bits per heavy atom. The van der Waals surface area contributed by atoms with E-state index in [2.05, 4.69) is 6.58 Å². The van der Waals surface area contributed by atoms with Crippen LogP contribution < -0.4 is 0 Å². The Hall–Kier alpha value is -0.350. The van der Waals surface area contributed by atoms with E-state index < -0.39 is 20.7 Å². The van der Waals surface area contributed by atoms with Crippen LogP contribution in [0.15, 0.2) is 12.7 Å². The van der Waals surface area contributed by atoms with E-state index in [0.717, 1.165) is 0 Å². The van der Waals surface area contributed by atoms with Gasteiger partial charge in [-0.1, -0.05) is 13.0 Å². The maximum Gasteiger partial charge on any atom is 0.153 e. The molecule has 0 spiro atoms. The van der Waals surface area contributed by atoms with Crippen LogP contribution in [-0.4, -0.2) is 30.1 Å². The third-order valence-electron chi connectivity index (χ3n) is 2.92. The van der Waals surface area contributed by atoms with Gasteiger partial charge in [0.15, 0.2) is 9.84 Å². The average molecular weight is 204 g/mol. The molecular formula is C9H16O3S. The SMILES string of the molecule is C=CC1(O)C[C@H](C)S(=O)(=O)C[C@@H]1C.